The minimum atomic E-state index is -0.355. The highest BCUT2D eigenvalue weighted by molar-refractivity contribution is 5.84. The second-order valence-electron chi connectivity index (χ2n) is 7.13. The maximum Gasteiger partial charge on any atom is 0.252 e. The lowest BCUT2D eigenvalue weighted by Crippen LogP contribution is -2.42. The Hall–Kier alpha value is -3.17. The van der Waals surface area contributed by atoms with Crippen LogP contribution in [0.15, 0.2) is 30.8 Å². The molecule has 0 saturated carbocycles. The van der Waals surface area contributed by atoms with Gasteiger partial charge in [-0.3, -0.25) is 4.79 Å². The highest BCUT2D eigenvalue weighted by Gasteiger charge is 2.32. The summed E-state index contributed by atoms with van der Waals surface area (Å²) < 4.78 is 5.57. The van der Waals surface area contributed by atoms with Gasteiger partial charge in [-0.25, -0.2) is 4.98 Å². The first-order valence-corrected chi connectivity index (χ1v) is 9.47. The molecule has 2 aliphatic heterocycles. The maximum absolute atomic E-state index is 12.9. The number of anilines is 1. The maximum atomic E-state index is 12.9. The van der Waals surface area contributed by atoms with Crippen LogP contribution in [-0.4, -0.2) is 35.0 Å². The average molecular weight is 374 g/mol. The van der Waals surface area contributed by atoms with Crippen LogP contribution in [-0.2, 0) is 22.5 Å². The van der Waals surface area contributed by atoms with Gasteiger partial charge in [0.2, 0.25) is 0 Å². The second-order valence-corrected chi connectivity index (χ2v) is 7.13. The van der Waals surface area contributed by atoms with Crippen molar-refractivity contribution >= 4 is 17.8 Å². The summed E-state index contributed by atoms with van der Waals surface area (Å²) in [6, 6.07) is 10.0. The van der Waals surface area contributed by atoms with Crippen LogP contribution in [0.25, 0.3) is 17.2 Å². The molecule has 28 heavy (non-hydrogen) atoms. The number of nitriles is 1. The number of amides is 1. The first-order valence-electron chi connectivity index (χ1n) is 9.47. The van der Waals surface area contributed by atoms with Gasteiger partial charge >= 0.3 is 0 Å². The Morgan fingerprint density at radius 1 is 1.46 bits per heavy atom. The molecule has 0 radical (unpaired) electrons. The molecule has 2 N–H and O–H groups in total. The van der Waals surface area contributed by atoms with E-state index in [1.54, 1.807) is 6.08 Å². The van der Waals surface area contributed by atoms with Crippen LogP contribution in [0.3, 0.4) is 0 Å². The Morgan fingerprint density at radius 3 is 3.04 bits per heavy atom. The molecule has 1 fully saturated rings. The molecule has 6 nitrogen and oxygen atoms in total. The van der Waals surface area contributed by atoms with E-state index in [-0.39, 0.29) is 17.8 Å². The van der Waals surface area contributed by atoms with E-state index in [1.165, 1.54) is 0 Å². The van der Waals surface area contributed by atoms with Crippen LogP contribution in [0, 0.1) is 11.3 Å². The first-order chi connectivity index (χ1) is 13.6. The minimum Gasteiger partial charge on any atom is -0.383 e. The van der Waals surface area contributed by atoms with Gasteiger partial charge < -0.3 is 15.4 Å². The number of nitrogens with two attached hydrogens (primary N) is 1. The zero-order valence-electron chi connectivity index (χ0n) is 15.6. The fraction of sp³-hybridized carbons (Fsp3) is 0.318. The number of nitrogen functional groups attached to an aromatic ring is 1. The number of rotatable bonds is 3. The van der Waals surface area contributed by atoms with Crippen molar-refractivity contribution in [1.29, 1.82) is 5.26 Å². The molecular weight excluding hydrogens is 352 g/mol. The van der Waals surface area contributed by atoms with Gasteiger partial charge in [-0.1, -0.05) is 30.9 Å². The normalized spacial score (nSPS) is 18.4. The van der Waals surface area contributed by atoms with Gasteiger partial charge in [0.15, 0.2) is 0 Å². The Balaban J connectivity index is 1.80. The summed E-state index contributed by atoms with van der Waals surface area (Å²) in [5, 5.41) is 9.75. The smallest absolute Gasteiger partial charge is 0.252 e. The van der Waals surface area contributed by atoms with Crippen molar-refractivity contribution in [2.24, 2.45) is 0 Å². The fourth-order valence-electron chi connectivity index (χ4n) is 4.00. The van der Waals surface area contributed by atoms with E-state index < -0.39 is 0 Å². The summed E-state index contributed by atoms with van der Waals surface area (Å²) in [7, 11) is 0. The molecule has 0 spiro atoms. The number of hydrogen-bond donors (Lipinski definition) is 1. The molecule has 0 aliphatic carbocycles. The number of fused-ring (bicyclic) bond motifs is 1. The summed E-state index contributed by atoms with van der Waals surface area (Å²) in [5.74, 6) is 0.253. The molecule has 1 atom stereocenters. The van der Waals surface area contributed by atoms with Crippen molar-refractivity contribution in [1.82, 2.24) is 9.88 Å². The highest BCUT2D eigenvalue weighted by atomic mass is 16.5. The lowest BCUT2D eigenvalue weighted by Gasteiger charge is -2.32. The second kappa shape index (κ2) is 7.45. The lowest BCUT2D eigenvalue weighted by atomic mass is 9.90. The summed E-state index contributed by atoms with van der Waals surface area (Å²) in [6.07, 6.45) is 3.69. The third-order valence-electron chi connectivity index (χ3n) is 5.42. The van der Waals surface area contributed by atoms with Crippen molar-refractivity contribution in [3.8, 4) is 17.2 Å². The molecule has 6 heteroatoms. The van der Waals surface area contributed by atoms with Gasteiger partial charge in [0, 0.05) is 37.2 Å². The largest absolute Gasteiger partial charge is 0.383 e. The third-order valence-corrected chi connectivity index (χ3v) is 5.42. The Labute approximate surface area is 164 Å². The predicted octanol–water partition coefficient (Wildman–Crippen LogP) is 2.91. The van der Waals surface area contributed by atoms with Crippen molar-refractivity contribution in [3.05, 3.63) is 53.2 Å². The quantitative estimate of drug-likeness (QED) is 0.892. The van der Waals surface area contributed by atoms with Crippen molar-refractivity contribution in [2.45, 2.75) is 31.9 Å². The van der Waals surface area contributed by atoms with E-state index in [4.69, 9.17) is 10.5 Å². The number of ether oxygens (including phenoxy) is 1. The van der Waals surface area contributed by atoms with Crippen LogP contribution in [0.5, 0.6) is 0 Å². The Bertz CT molecular complexity index is 987. The summed E-state index contributed by atoms with van der Waals surface area (Å²) in [5.41, 5.74) is 10.8. The van der Waals surface area contributed by atoms with Crippen LogP contribution in [0.4, 0.5) is 5.82 Å². The predicted molar refractivity (Wildman–Crippen MR) is 107 cm³/mol. The summed E-state index contributed by atoms with van der Waals surface area (Å²) >= 11 is 0. The minimum absolute atomic E-state index is 0.0178. The molecule has 1 aromatic heterocycles. The monoisotopic (exact) mass is 374 g/mol. The van der Waals surface area contributed by atoms with Gasteiger partial charge in [0.1, 0.15) is 23.6 Å². The standard InChI is InChI=1S/C22H22N4O2/c1-2-14-5-3-6-15(11-14)20-16(12-23)21(24)25-18-8-9-26(13-17(18)20)22(27)19-7-4-10-28-19/h2-3,5-6,11,19H,1,4,7-10,13H2,(H2,24,25). The zero-order chi connectivity index (χ0) is 19.7. The number of aromatic nitrogens is 1. The van der Waals surface area contributed by atoms with Gasteiger partial charge in [0.25, 0.3) is 5.91 Å². The number of nitrogens with zero attached hydrogens (tertiary/aromatic N) is 3. The topological polar surface area (TPSA) is 92.2 Å². The molecule has 3 heterocycles. The molecule has 142 valence electrons. The average Bonchev–Trinajstić information content (AvgIpc) is 3.26. The van der Waals surface area contributed by atoms with Crippen molar-refractivity contribution in [2.75, 3.05) is 18.9 Å². The molecule has 2 aromatic rings. The molecule has 0 bridgehead atoms. The van der Waals surface area contributed by atoms with Crippen LogP contribution < -0.4 is 5.73 Å². The van der Waals surface area contributed by atoms with Crippen molar-refractivity contribution < 1.29 is 9.53 Å². The molecule has 4 rings (SSSR count). The number of benzene rings is 1. The van der Waals surface area contributed by atoms with E-state index in [1.807, 2.05) is 29.2 Å². The number of carbonyl (C=O) groups is 1. The number of pyridine rings is 1. The van der Waals surface area contributed by atoms with Gasteiger partial charge in [-0.2, -0.15) is 5.26 Å². The number of carbonyl (C=O) groups excluding carboxylic acids is 1. The molecule has 1 aromatic carbocycles. The zero-order valence-corrected chi connectivity index (χ0v) is 15.6. The first kappa shape index (κ1) is 18.2. The third kappa shape index (κ3) is 3.14. The van der Waals surface area contributed by atoms with E-state index in [0.29, 0.717) is 31.7 Å². The number of hydrogen-bond acceptors (Lipinski definition) is 5. The van der Waals surface area contributed by atoms with Crippen LogP contribution >= 0.6 is 0 Å². The lowest BCUT2D eigenvalue weighted by molar-refractivity contribution is -0.141. The SMILES string of the molecule is C=Cc1cccc(-c2c(C#N)c(N)nc3c2CN(C(=O)C2CCCO2)CC3)c1. The fourth-order valence-corrected chi connectivity index (χ4v) is 4.00. The molecule has 1 amide bonds. The molecule has 1 saturated heterocycles. The van der Waals surface area contributed by atoms with E-state index in [2.05, 4.69) is 17.6 Å². The van der Waals surface area contributed by atoms with Crippen LogP contribution in [0.2, 0.25) is 0 Å². The van der Waals surface area contributed by atoms with Gasteiger partial charge in [0.05, 0.1) is 5.69 Å². The molecular formula is C22H22N4O2. The van der Waals surface area contributed by atoms with Crippen molar-refractivity contribution in [3.63, 3.8) is 0 Å². The van der Waals surface area contributed by atoms with Gasteiger partial charge in [-0.05, 0) is 30.0 Å². The van der Waals surface area contributed by atoms with Gasteiger partial charge in [-0.15, -0.1) is 0 Å². The molecule has 1 unspecified atom stereocenters. The summed E-state index contributed by atoms with van der Waals surface area (Å²) in [6.45, 7) is 5.45. The highest BCUT2D eigenvalue weighted by Crippen LogP contribution is 2.36. The molecule has 2 aliphatic rings. The summed E-state index contributed by atoms with van der Waals surface area (Å²) in [4.78, 5) is 19.1. The van der Waals surface area contributed by atoms with E-state index >= 15 is 0 Å². The Kier molecular flexibility index (Phi) is 4.84. The van der Waals surface area contributed by atoms with E-state index in [0.717, 1.165) is 40.8 Å². The Morgan fingerprint density at radius 2 is 2.32 bits per heavy atom. The van der Waals surface area contributed by atoms with E-state index in [9.17, 15) is 10.1 Å². The van der Waals surface area contributed by atoms with Crippen LogP contribution in [0.1, 0.15) is 35.2 Å².